The molecule has 4 nitrogen and oxygen atoms in total. The fourth-order valence-corrected chi connectivity index (χ4v) is 7.27. The number of hydrogen-bond acceptors (Lipinski definition) is 3. The predicted molar refractivity (Wildman–Crippen MR) is 229 cm³/mol. The number of benzene rings is 7. The molecule has 5 heteroatoms. The van der Waals surface area contributed by atoms with Crippen molar-refractivity contribution in [2.45, 2.75) is 39.5 Å². The summed E-state index contributed by atoms with van der Waals surface area (Å²) >= 11 is 0. The van der Waals surface area contributed by atoms with Gasteiger partial charge in [-0.25, -0.2) is 0 Å². The Balaban J connectivity index is 0.000000278. The minimum absolute atomic E-state index is 0. The van der Waals surface area contributed by atoms with Crippen LogP contribution in [-0.2, 0) is 22.4 Å². The summed E-state index contributed by atoms with van der Waals surface area (Å²) in [5.74, 6) is 1.66. The molecule has 0 atom stereocenters. The molecule has 0 spiro atoms. The number of hydrogen-bond donors (Lipinski definition) is 0. The van der Waals surface area contributed by atoms with Crippen LogP contribution in [0.3, 0.4) is 0 Å². The van der Waals surface area contributed by atoms with Crippen molar-refractivity contribution in [3.8, 4) is 22.3 Å². The van der Waals surface area contributed by atoms with Gasteiger partial charge in [0, 0.05) is 39.3 Å². The summed E-state index contributed by atoms with van der Waals surface area (Å²) in [6.45, 7) is 11.2. The van der Waals surface area contributed by atoms with Crippen molar-refractivity contribution in [2.75, 3.05) is 9.91 Å². The van der Waals surface area contributed by atoms with Gasteiger partial charge in [-0.2, -0.15) is 5.10 Å². The van der Waals surface area contributed by atoms with E-state index in [4.69, 9.17) is 5.10 Å². The Hall–Kier alpha value is -5.65. The van der Waals surface area contributed by atoms with E-state index in [0.29, 0.717) is 11.8 Å². The van der Waals surface area contributed by atoms with Gasteiger partial charge in [-0.1, -0.05) is 185 Å². The molecule has 8 aromatic rings. The van der Waals surface area contributed by atoms with Gasteiger partial charge in [0.15, 0.2) is 0 Å². The molecular formula is C50H44AuN4-2. The maximum atomic E-state index is 5.28. The Kier molecular flexibility index (Phi) is 11.5. The topological polar surface area (TPSA) is 32.9 Å². The molecule has 1 aliphatic heterocycles. The van der Waals surface area contributed by atoms with Gasteiger partial charge in [0.2, 0.25) is 0 Å². The molecule has 1 aliphatic rings. The van der Waals surface area contributed by atoms with Gasteiger partial charge in [-0.3, -0.25) is 0 Å². The second kappa shape index (κ2) is 16.8. The summed E-state index contributed by atoms with van der Waals surface area (Å²) in [4.78, 5) is 6.82. The quantitative estimate of drug-likeness (QED) is 0.118. The first-order valence-corrected chi connectivity index (χ1v) is 18.8. The largest absolute Gasteiger partial charge is 0.657 e. The summed E-state index contributed by atoms with van der Waals surface area (Å²) in [6.07, 6.45) is 0. The van der Waals surface area contributed by atoms with Crippen LogP contribution in [0.15, 0.2) is 181 Å². The molecular weight excluding hydrogens is 854 g/mol. The van der Waals surface area contributed by atoms with Crippen LogP contribution in [0.5, 0.6) is 0 Å². The van der Waals surface area contributed by atoms with Crippen molar-refractivity contribution in [3.05, 3.63) is 199 Å². The molecule has 0 fully saturated rings. The fourth-order valence-electron chi connectivity index (χ4n) is 7.27. The Morgan fingerprint density at radius 1 is 0.473 bits per heavy atom. The van der Waals surface area contributed by atoms with E-state index < -0.39 is 0 Å². The SMILES string of the molecule is CC(C)c1cccc(C(C)C)c1N1[CH-]N(c2cc(-c3ccccc3)cc(-c3ccccc3)c2)N=C1c1ccccc1.[Au].c1ccc2c(c1)[n-]c1ccccc12. The van der Waals surface area contributed by atoms with Crippen molar-refractivity contribution in [3.63, 3.8) is 0 Å². The molecule has 0 amide bonds. The second-order valence-electron chi connectivity index (χ2n) is 14.4. The van der Waals surface area contributed by atoms with Crippen LogP contribution in [0.2, 0.25) is 0 Å². The number of nitrogens with zero attached hydrogens (tertiary/aromatic N) is 4. The summed E-state index contributed by atoms with van der Waals surface area (Å²) < 4.78 is 0. The average molecular weight is 898 g/mol. The number of para-hydroxylation sites is 3. The summed E-state index contributed by atoms with van der Waals surface area (Å²) in [5, 5.41) is 9.82. The van der Waals surface area contributed by atoms with E-state index in [1.165, 1.54) is 38.7 Å². The fraction of sp³-hybridized carbons (Fsp3) is 0.120. The van der Waals surface area contributed by atoms with E-state index >= 15 is 0 Å². The number of fused-ring (bicyclic) bond motifs is 3. The van der Waals surface area contributed by atoms with Crippen molar-refractivity contribution in [2.24, 2.45) is 5.10 Å². The molecule has 1 aromatic heterocycles. The molecule has 0 bridgehead atoms. The molecule has 0 saturated heterocycles. The van der Waals surface area contributed by atoms with Crippen LogP contribution < -0.4 is 14.9 Å². The third-order valence-electron chi connectivity index (χ3n) is 10.0. The van der Waals surface area contributed by atoms with Crippen LogP contribution in [0.25, 0.3) is 44.1 Å². The van der Waals surface area contributed by atoms with Crippen molar-refractivity contribution in [1.29, 1.82) is 0 Å². The zero-order valence-corrected chi connectivity index (χ0v) is 33.7. The Morgan fingerprint density at radius 3 is 1.38 bits per heavy atom. The van der Waals surface area contributed by atoms with Crippen molar-refractivity contribution >= 4 is 39.0 Å². The minimum Gasteiger partial charge on any atom is -0.657 e. The summed E-state index contributed by atoms with van der Waals surface area (Å²) in [7, 11) is 0. The molecule has 7 aromatic carbocycles. The average Bonchev–Trinajstić information content (AvgIpc) is 3.84. The zero-order chi connectivity index (χ0) is 37.0. The summed E-state index contributed by atoms with van der Waals surface area (Å²) in [6, 6.07) is 61.6. The van der Waals surface area contributed by atoms with Gasteiger partial charge in [-0.15, -0.1) is 17.7 Å². The number of hydrazone groups is 1. The number of aromatic nitrogens is 1. The molecule has 1 radical (unpaired) electrons. The third kappa shape index (κ3) is 7.94. The van der Waals surface area contributed by atoms with E-state index in [-0.39, 0.29) is 22.4 Å². The van der Waals surface area contributed by atoms with E-state index in [1.54, 1.807) is 0 Å². The number of rotatable bonds is 7. The Morgan fingerprint density at radius 2 is 0.909 bits per heavy atom. The van der Waals surface area contributed by atoms with E-state index in [1.807, 2.05) is 17.1 Å². The van der Waals surface area contributed by atoms with Gasteiger partial charge in [0.1, 0.15) is 5.84 Å². The Bertz CT molecular complexity index is 2400. The smallest absolute Gasteiger partial charge is 0.129 e. The maximum absolute atomic E-state index is 5.28. The van der Waals surface area contributed by atoms with Crippen LogP contribution in [0.1, 0.15) is 56.2 Å². The molecule has 55 heavy (non-hydrogen) atoms. The third-order valence-corrected chi connectivity index (χ3v) is 10.0. The molecule has 0 saturated carbocycles. The van der Waals surface area contributed by atoms with Crippen LogP contribution in [-0.4, -0.2) is 5.84 Å². The number of amidine groups is 1. The second-order valence-corrected chi connectivity index (χ2v) is 14.4. The van der Waals surface area contributed by atoms with E-state index in [9.17, 15) is 0 Å². The van der Waals surface area contributed by atoms with Crippen LogP contribution in [0, 0.1) is 6.67 Å². The number of anilines is 2. The van der Waals surface area contributed by atoms with Crippen LogP contribution >= 0.6 is 0 Å². The van der Waals surface area contributed by atoms with Gasteiger partial charge in [0.05, 0.1) is 0 Å². The predicted octanol–water partition coefficient (Wildman–Crippen LogP) is 13.0. The normalized spacial score (nSPS) is 12.5. The van der Waals surface area contributed by atoms with Gasteiger partial charge >= 0.3 is 0 Å². The zero-order valence-electron chi connectivity index (χ0n) is 31.6. The molecule has 277 valence electrons. The van der Waals surface area contributed by atoms with Crippen molar-refractivity contribution in [1.82, 2.24) is 4.98 Å². The standard InChI is InChI=1S/C38H36N3.C12H8N.Au/c1-27(2)35-21-14-22-36(28(3)4)37(35)40-26-41(39-38(40)31-19-12-7-13-20-31)34-24-32(29-15-8-5-9-16-29)23-33(25-34)30-17-10-6-11-18-30;1-3-7-11-9(5-1)10-6-2-4-8-12(10)13-11;/h5-28H,1-4H3;1-8H;/q2*-1;. The molecule has 2 heterocycles. The maximum Gasteiger partial charge on any atom is 0.129 e. The van der Waals surface area contributed by atoms with E-state index in [0.717, 1.165) is 39.2 Å². The first kappa shape index (κ1) is 37.7. The van der Waals surface area contributed by atoms with E-state index in [2.05, 4.69) is 208 Å². The molecule has 0 N–H and O–H groups in total. The monoisotopic (exact) mass is 897 g/mol. The first-order valence-electron chi connectivity index (χ1n) is 18.8. The molecule has 9 rings (SSSR count). The van der Waals surface area contributed by atoms with Crippen LogP contribution in [0.4, 0.5) is 11.4 Å². The molecule has 0 aliphatic carbocycles. The van der Waals surface area contributed by atoms with Gasteiger partial charge in [-0.05, 0) is 74.2 Å². The Labute approximate surface area is 340 Å². The minimum atomic E-state index is 0. The summed E-state index contributed by atoms with van der Waals surface area (Å²) in [5.41, 5.74) is 12.8. The molecule has 0 unspecified atom stereocenters. The van der Waals surface area contributed by atoms with Crippen molar-refractivity contribution < 1.29 is 22.4 Å². The van der Waals surface area contributed by atoms with Gasteiger partial charge < -0.3 is 14.9 Å². The van der Waals surface area contributed by atoms with Gasteiger partial charge in [0.25, 0.3) is 0 Å². The first-order chi connectivity index (χ1) is 26.4.